The quantitative estimate of drug-likeness (QED) is 0.0715. The molecule has 1 unspecified atom stereocenters. The summed E-state index contributed by atoms with van der Waals surface area (Å²) in [6, 6.07) is 8.14. The van der Waals surface area contributed by atoms with Gasteiger partial charge in [-0.1, -0.05) is 17.4 Å². The van der Waals surface area contributed by atoms with Crippen molar-refractivity contribution in [3.8, 4) is 0 Å². The van der Waals surface area contributed by atoms with Gasteiger partial charge in [0.15, 0.2) is 11.5 Å². The first kappa shape index (κ1) is 41.9. The number of aromatic nitrogens is 2. The zero-order valence-electron chi connectivity index (χ0n) is 26.1. The van der Waals surface area contributed by atoms with E-state index in [1.165, 1.54) is 11.3 Å². The third-order valence-corrected chi connectivity index (χ3v) is 8.98. The number of aliphatic carboxylic acids is 1. The number of carboxylic acids is 1. The van der Waals surface area contributed by atoms with Crippen molar-refractivity contribution < 1.29 is 23.8 Å². The van der Waals surface area contributed by atoms with Crippen molar-refractivity contribution >= 4 is 77.5 Å². The van der Waals surface area contributed by atoms with Crippen molar-refractivity contribution in [2.75, 3.05) is 81.8 Å². The number of hydrogen-bond donors (Lipinski definition) is 4. The molecule has 0 bridgehead atoms. The summed E-state index contributed by atoms with van der Waals surface area (Å²) in [7, 11) is 0.582. The summed E-state index contributed by atoms with van der Waals surface area (Å²) in [5.74, 6) is 0.869. The zero-order chi connectivity index (χ0) is 34.4. The maximum atomic E-state index is 12.2. The lowest BCUT2D eigenvalue weighted by Crippen LogP contribution is -2.35. The van der Waals surface area contributed by atoms with E-state index in [0.29, 0.717) is 49.6 Å². The first-order valence-corrected chi connectivity index (χ1v) is 18.2. The first-order valence-electron chi connectivity index (χ1n) is 14.5. The van der Waals surface area contributed by atoms with Crippen LogP contribution in [0.25, 0.3) is 0 Å². The molecule has 2 aromatic rings. The summed E-state index contributed by atoms with van der Waals surface area (Å²) in [6.07, 6.45) is 3.90. The van der Waals surface area contributed by atoms with Crippen LogP contribution in [-0.2, 0) is 20.3 Å². The number of hydrogen-bond acceptors (Lipinski definition) is 8. The average Bonchev–Trinajstić information content (AvgIpc) is 3.51. The van der Waals surface area contributed by atoms with Crippen LogP contribution in [0, 0.1) is 0 Å². The number of carbonyl (C=O) groups excluding carboxylic acids is 1. The molecule has 2 heterocycles. The molecule has 1 atom stereocenters. The number of anilines is 1. The van der Waals surface area contributed by atoms with E-state index < -0.39 is 19.5 Å². The molecule has 46 heavy (non-hydrogen) atoms. The number of aryl methyl sites for hydroxylation is 1. The molecule has 260 valence electrons. The van der Waals surface area contributed by atoms with Crippen LogP contribution in [-0.4, -0.2) is 114 Å². The number of aromatic amines is 1. The minimum atomic E-state index is -2.84. The number of primary amides is 1. The molecule has 14 nitrogen and oxygen atoms in total. The van der Waals surface area contributed by atoms with Crippen LogP contribution in [0.3, 0.4) is 0 Å². The lowest BCUT2D eigenvalue weighted by molar-refractivity contribution is -0.137. The Morgan fingerprint density at radius 2 is 1.65 bits per heavy atom. The highest BCUT2D eigenvalue weighted by molar-refractivity contribution is 7.54. The Hall–Kier alpha value is -2.16. The van der Waals surface area contributed by atoms with Crippen LogP contribution in [0.2, 0.25) is 0 Å². The lowest BCUT2D eigenvalue weighted by atomic mass is 10.1. The van der Waals surface area contributed by atoms with Crippen LogP contribution in [0.15, 0.2) is 40.9 Å². The van der Waals surface area contributed by atoms with Gasteiger partial charge in [-0.2, -0.15) is 0 Å². The molecule has 1 aromatic carbocycles. The van der Waals surface area contributed by atoms with E-state index in [1.54, 1.807) is 18.8 Å². The number of alkyl halides is 4. The third-order valence-electron chi connectivity index (χ3n) is 6.00. The van der Waals surface area contributed by atoms with Gasteiger partial charge in [0.1, 0.15) is 0 Å². The third kappa shape index (κ3) is 16.6. The van der Waals surface area contributed by atoms with E-state index in [4.69, 9.17) is 61.8 Å². The van der Waals surface area contributed by atoms with Crippen molar-refractivity contribution in [1.82, 2.24) is 24.7 Å². The molecule has 0 spiro atoms. The molecule has 1 saturated heterocycles. The van der Waals surface area contributed by atoms with Crippen LogP contribution in [0.4, 0.5) is 11.5 Å². The summed E-state index contributed by atoms with van der Waals surface area (Å²) in [4.78, 5) is 29.7. The molecule has 3 rings (SSSR count). The summed E-state index contributed by atoms with van der Waals surface area (Å²) in [5, 5.41) is 20.4. The summed E-state index contributed by atoms with van der Waals surface area (Å²) >= 11 is 22.8. The standard InChI is InChI=1S/C14H19Cl2NO2.C7H15Cl2N2O2P.C6H10N6O/c15-8-10-17(11-9-16)13-6-4-12(5-7-13)2-1-3-14(18)19;8-2-5-11(6-3-9)14(12)10-4-1-7-13-14;1-12(2)11-10-6-4(5(7)13)8-3-9-6/h4-7H,1-3,8-11H2,(H,18,19);1-7H2,(H,10,12);3H,1-2H3,(H2,7,13)(H,8,9)/b;;11-10+. The molecule has 1 amide bonds. The van der Waals surface area contributed by atoms with E-state index in [1.807, 2.05) is 24.3 Å². The molecule has 19 heteroatoms. The second kappa shape index (κ2) is 24.1. The van der Waals surface area contributed by atoms with Gasteiger partial charge in [0.05, 0.1) is 12.9 Å². The van der Waals surface area contributed by atoms with Gasteiger partial charge in [-0.05, 0) is 37.0 Å². The van der Waals surface area contributed by atoms with Crippen molar-refractivity contribution in [3.63, 3.8) is 0 Å². The molecule has 1 aliphatic rings. The average molecular weight is 747 g/mol. The Balaban J connectivity index is 0.000000353. The molecule has 0 aliphatic carbocycles. The molecule has 1 aromatic heterocycles. The molecular formula is C27H44Cl4N9O5P. The van der Waals surface area contributed by atoms with Gasteiger partial charge in [0, 0.05) is 82.4 Å². The smallest absolute Gasteiger partial charge is 0.343 e. The number of carbonyl (C=O) groups is 2. The zero-order valence-corrected chi connectivity index (χ0v) is 30.0. The van der Waals surface area contributed by atoms with Crippen molar-refractivity contribution in [2.45, 2.75) is 25.7 Å². The van der Waals surface area contributed by atoms with Crippen LogP contribution >= 0.6 is 54.1 Å². The number of nitrogens with zero attached hydrogens (tertiary/aromatic N) is 6. The minimum absolute atomic E-state index is 0.0885. The lowest BCUT2D eigenvalue weighted by Gasteiger charge is -2.33. The van der Waals surface area contributed by atoms with Gasteiger partial charge in [0.2, 0.25) is 0 Å². The second-order valence-corrected chi connectivity index (χ2v) is 13.4. The highest BCUT2D eigenvalue weighted by Crippen LogP contribution is 2.48. The maximum absolute atomic E-state index is 12.2. The Kier molecular flexibility index (Phi) is 21.9. The number of carboxylic acid groups (broad SMARTS) is 1. The monoisotopic (exact) mass is 745 g/mol. The van der Waals surface area contributed by atoms with Crippen LogP contribution in [0.5, 0.6) is 0 Å². The number of imidazole rings is 1. The molecule has 1 fully saturated rings. The number of nitrogens with two attached hydrogens (primary N) is 1. The predicted octanol–water partition coefficient (Wildman–Crippen LogP) is 5.33. The number of benzene rings is 1. The molecule has 5 N–H and O–H groups in total. The topological polar surface area (TPSA) is 182 Å². The van der Waals surface area contributed by atoms with Crippen molar-refractivity contribution in [2.24, 2.45) is 16.1 Å². The van der Waals surface area contributed by atoms with E-state index in [2.05, 4.69) is 30.3 Å². The Morgan fingerprint density at radius 1 is 1.04 bits per heavy atom. The summed E-state index contributed by atoms with van der Waals surface area (Å²) < 4.78 is 19.2. The normalized spacial score (nSPS) is 15.9. The molecule has 0 saturated carbocycles. The van der Waals surface area contributed by atoms with Gasteiger partial charge in [-0.15, -0.1) is 51.5 Å². The fraction of sp³-hybridized carbons (Fsp3) is 0.593. The SMILES string of the molecule is CN(C)/N=N/c1[nH]cnc1C(N)=O.O=C(O)CCCc1ccc(N(CCCl)CCCl)cc1.O=P1(N(CCCl)CCCl)NCCCO1. The van der Waals surface area contributed by atoms with E-state index in [9.17, 15) is 14.2 Å². The minimum Gasteiger partial charge on any atom is -0.481 e. The number of H-pyrrole nitrogens is 1. The van der Waals surface area contributed by atoms with E-state index in [0.717, 1.165) is 43.7 Å². The van der Waals surface area contributed by atoms with Gasteiger partial charge in [0.25, 0.3) is 5.91 Å². The Morgan fingerprint density at radius 3 is 2.13 bits per heavy atom. The van der Waals surface area contributed by atoms with Crippen molar-refractivity contribution in [1.29, 1.82) is 0 Å². The largest absolute Gasteiger partial charge is 0.481 e. The van der Waals surface area contributed by atoms with Gasteiger partial charge >= 0.3 is 13.6 Å². The number of nitrogens with one attached hydrogen (secondary N) is 2. The molecular weight excluding hydrogens is 703 g/mol. The fourth-order valence-electron chi connectivity index (χ4n) is 3.85. The summed E-state index contributed by atoms with van der Waals surface area (Å²) in [5.41, 5.74) is 7.37. The maximum Gasteiger partial charge on any atom is 0.343 e. The van der Waals surface area contributed by atoms with Gasteiger partial charge in [-0.25, -0.2) is 14.7 Å². The first-order chi connectivity index (χ1) is 22.0. The van der Waals surface area contributed by atoms with Gasteiger partial charge < -0.3 is 25.2 Å². The number of rotatable bonds is 17. The highest BCUT2D eigenvalue weighted by Gasteiger charge is 2.32. The Bertz CT molecular complexity index is 1200. The number of halogens is 4. The van der Waals surface area contributed by atoms with Crippen LogP contribution < -0.4 is 15.7 Å². The van der Waals surface area contributed by atoms with Gasteiger partial charge in [-0.3, -0.25) is 19.2 Å². The molecule has 0 radical (unpaired) electrons. The van der Waals surface area contributed by atoms with Crippen molar-refractivity contribution in [3.05, 3.63) is 41.9 Å². The van der Waals surface area contributed by atoms with Crippen LogP contribution in [0.1, 0.15) is 35.3 Å². The van der Waals surface area contributed by atoms with E-state index in [-0.39, 0.29) is 17.9 Å². The summed E-state index contributed by atoms with van der Waals surface area (Å²) in [6.45, 7) is 3.85. The van der Waals surface area contributed by atoms with E-state index >= 15 is 0 Å². The second-order valence-electron chi connectivity index (χ2n) is 9.73. The fourth-order valence-corrected chi connectivity index (χ4v) is 6.90. The number of amides is 1. The Labute approximate surface area is 290 Å². The molecule has 1 aliphatic heterocycles. The highest BCUT2D eigenvalue weighted by atomic mass is 35.5. The predicted molar refractivity (Wildman–Crippen MR) is 185 cm³/mol.